The van der Waals surface area contributed by atoms with Gasteiger partial charge in [-0.25, -0.2) is 0 Å². The van der Waals surface area contributed by atoms with Crippen LogP contribution in [-0.4, -0.2) is 59.2 Å². The molecule has 19 heavy (non-hydrogen) atoms. The summed E-state index contributed by atoms with van der Waals surface area (Å²) in [5.74, 6) is 0. The molecule has 0 radical (unpaired) electrons. The van der Waals surface area contributed by atoms with E-state index < -0.39 is 0 Å². The van der Waals surface area contributed by atoms with Crippen molar-refractivity contribution < 1.29 is 0 Å². The van der Waals surface area contributed by atoms with Gasteiger partial charge in [0.25, 0.3) is 0 Å². The summed E-state index contributed by atoms with van der Waals surface area (Å²) < 4.78 is 4.06. The van der Waals surface area contributed by atoms with Gasteiger partial charge in [0.05, 0.1) is 0 Å². The van der Waals surface area contributed by atoms with E-state index in [2.05, 4.69) is 38.7 Å². The molecule has 2 heterocycles. The van der Waals surface area contributed by atoms with Gasteiger partial charge in [0.1, 0.15) is 10.7 Å². The van der Waals surface area contributed by atoms with E-state index in [9.17, 15) is 0 Å². The Morgan fingerprint density at radius 3 is 2.89 bits per heavy atom. The maximum atomic E-state index is 4.24. The fourth-order valence-corrected chi connectivity index (χ4v) is 2.94. The van der Waals surface area contributed by atoms with Gasteiger partial charge in [-0.05, 0) is 39.4 Å². The van der Waals surface area contributed by atoms with Crippen molar-refractivity contribution in [3.63, 3.8) is 0 Å². The molecular weight excluding hydrogens is 258 g/mol. The minimum Gasteiger partial charge on any atom is -0.374 e. The van der Waals surface area contributed by atoms with Crippen molar-refractivity contribution in [1.82, 2.24) is 19.4 Å². The summed E-state index contributed by atoms with van der Waals surface area (Å²) in [5, 5.41) is 8.78. The highest BCUT2D eigenvalue weighted by Gasteiger charge is 2.14. The molecule has 0 saturated carbocycles. The van der Waals surface area contributed by atoms with E-state index in [0.717, 1.165) is 36.8 Å². The molecule has 0 amide bonds. The highest BCUT2D eigenvalue weighted by atomic mass is 32.1. The summed E-state index contributed by atoms with van der Waals surface area (Å²) in [6.45, 7) is 8.87. The molecule has 1 N–H and O–H groups in total. The second-order valence-electron chi connectivity index (χ2n) is 5.26. The molecule has 0 aromatic carbocycles. The third-order valence-corrected chi connectivity index (χ3v) is 4.23. The summed E-state index contributed by atoms with van der Waals surface area (Å²) >= 11 is 1.47. The quantitative estimate of drug-likeness (QED) is 0.789. The number of likely N-dealkylation sites (tertiary alicyclic amines) is 1. The van der Waals surface area contributed by atoms with Crippen LogP contribution in [0.2, 0.25) is 0 Å². The second kappa shape index (κ2) is 7.77. The van der Waals surface area contributed by atoms with E-state index >= 15 is 0 Å². The Labute approximate surface area is 120 Å². The maximum Gasteiger partial charge on any atom is 0.134 e. The number of nitrogens with one attached hydrogen (secondary N) is 1. The predicted molar refractivity (Wildman–Crippen MR) is 80.7 cm³/mol. The lowest BCUT2D eigenvalue weighted by Gasteiger charge is -2.20. The standard InChI is InChI=1S/C13H25N5S/c1-3-6-14-13-12(15-16-19-13)11-17(2)9-10-18-7-4-5-8-18/h14H,3-11H2,1-2H3. The van der Waals surface area contributed by atoms with Crippen molar-refractivity contribution >= 4 is 16.5 Å². The first kappa shape index (κ1) is 14.7. The Morgan fingerprint density at radius 1 is 1.37 bits per heavy atom. The molecule has 1 saturated heterocycles. The fraction of sp³-hybridized carbons (Fsp3) is 0.846. The Bertz CT molecular complexity index is 362. The molecular formula is C13H25N5S. The average Bonchev–Trinajstić information content (AvgIpc) is 3.05. The largest absolute Gasteiger partial charge is 0.374 e. The number of likely N-dealkylation sites (N-methyl/N-ethyl adjacent to an activating group) is 1. The highest BCUT2D eigenvalue weighted by molar-refractivity contribution is 7.10. The van der Waals surface area contributed by atoms with Crippen LogP contribution >= 0.6 is 11.5 Å². The fourth-order valence-electron chi connectivity index (χ4n) is 2.34. The van der Waals surface area contributed by atoms with Crippen LogP contribution in [0.25, 0.3) is 0 Å². The number of hydrogen-bond acceptors (Lipinski definition) is 6. The highest BCUT2D eigenvalue weighted by Crippen LogP contribution is 2.18. The van der Waals surface area contributed by atoms with Gasteiger partial charge in [-0.2, -0.15) is 0 Å². The SMILES string of the molecule is CCCNc1snnc1CN(C)CCN1CCCC1. The van der Waals surface area contributed by atoms with Gasteiger partial charge in [0.15, 0.2) is 0 Å². The van der Waals surface area contributed by atoms with Gasteiger partial charge >= 0.3 is 0 Å². The van der Waals surface area contributed by atoms with Gasteiger partial charge in [-0.1, -0.05) is 11.4 Å². The Balaban J connectivity index is 1.74. The molecule has 0 bridgehead atoms. The van der Waals surface area contributed by atoms with Crippen LogP contribution in [-0.2, 0) is 6.54 Å². The number of rotatable bonds is 8. The van der Waals surface area contributed by atoms with Crippen LogP contribution in [0.5, 0.6) is 0 Å². The van der Waals surface area contributed by atoms with E-state index in [4.69, 9.17) is 0 Å². The van der Waals surface area contributed by atoms with Gasteiger partial charge in [-0.3, -0.25) is 4.90 Å². The van der Waals surface area contributed by atoms with Gasteiger partial charge < -0.3 is 10.2 Å². The molecule has 0 spiro atoms. The molecule has 0 atom stereocenters. The molecule has 6 heteroatoms. The van der Waals surface area contributed by atoms with E-state index in [1.54, 1.807) is 0 Å². The van der Waals surface area contributed by atoms with Crippen LogP contribution < -0.4 is 5.32 Å². The van der Waals surface area contributed by atoms with Crippen LogP contribution in [0.3, 0.4) is 0 Å². The zero-order chi connectivity index (χ0) is 13.5. The van der Waals surface area contributed by atoms with Crippen molar-refractivity contribution in [2.45, 2.75) is 32.7 Å². The van der Waals surface area contributed by atoms with Gasteiger partial charge in [0, 0.05) is 37.7 Å². The minimum absolute atomic E-state index is 0.885. The lowest BCUT2D eigenvalue weighted by atomic mass is 10.4. The summed E-state index contributed by atoms with van der Waals surface area (Å²) in [6, 6.07) is 0. The van der Waals surface area contributed by atoms with E-state index in [0.29, 0.717) is 0 Å². The summed E-state index contributed by atoms with van der Waals surface area (Å²) in [5.41, 5.74) is 1.09. The van der Waals surface area contributed by atoms with E-state index in [1.165, 1.54) is 44.0 Å². The molecule has 1 aliphatic rings. The lowest BCUT2D eigenvalue weighted by Crippen LogP contribution is -2.31. The predicted octanol–water partition coefficient (Wildman–Crippen LogP) is 1.89. The van der Waals surface area contributed by atoms with Crippen molar-refractivity contribution in [1.29, 1.82) is 0 Å². The Hall–Kier alpha value is -0.720. The molecule has 1 aliphatic heterocycles. The zero-order valence-electron chi connectivity index (χ0n) is 12.1. The van der Waals surface area contributed by atoms with Crippen molar-refractivity contribution in [3.8, 4) is 0 Å². The van der Waals surface area contributed by atoms with Crippen molar-refractivity contribution in [2.75, 3.05) is 45.1 Å². The molecule has 5 nitrogen and oxygen atoms in total. The molecule has 2 rings (SSSR count). The molecule has 1 aromatic rings. The molecule has 1 fully saturated rings. The first-order chi connectivity index (χ1) is 9.29. The van der Waals surface area contributed by atoms with E-state index in [1.807, 2.05) is 0 Å². The Morgan fingerprint density at radius 2 is 2.16 bits per heavy atom. The van der Waals surface area contributed by atoms with Crippen LogP contribution in [0.4, 0.5) is 5.00 Å². The third-order valence-electron chi connectivity index (χ3n) is 3.51. The zero-order valence-corrected chi connectivity index (χ0v) is 12.9. The normalized spacial score (nSPS) is 16.4. The van der Waals surface area contributed by atoms with Crippen molar-refractivity contribution in [2.24, 2.45) is 0 Å². The monoisotopic (exact) mass is 283 g/mol. The van der Waals surface area contributed by atoms with Gasteiger partial charge in [-0.15, -0.1) is 5.10 Å². The third kappa shape index (κ3) is 4.71. The maximum absolute atomic E-state index is 4.24. The average molecular weight is 283 g/mol. The molecule has 108 valence electrons. The number of aromatic nitrogens is 2. The number of hydrogen-bond donors (Lipinski definition) is 1. The van der Waals surface area contributed by atoms with Crippen LogP contribution in [0.1, 0.15) is 31.9 Å². The summed E-state index contributed by atoms with van der Waals surface area (Å²) in [6.07, 6.45) is 3.86. The summed E-state index contributed by atoms with van der Waals surface area (Å²) in [7, 11) is 2.17. The first-order valence-electron chi connectivity index (χ1n) is 7.25. The van der Waals surface area contributed by atoms with Crippen molar-refractivity contribution in [3.05, 3.63) is 5.69 Å². The van der Waals surface area contributed by atoms with E-state index in [-0.39, 0.29) is 0 Å². The minimum atomic E-state index is 0.885. The Kier molecular flexibility index (Phi) is 6.00. The first-order valence-corrected chi connectivity index (χ1v) is 8.03. The molecule has 0 unspecified atom stereocenters. The molecule has 1 aromatic heterocycles. The van der Waals surface area contributed by atoms with Crippen LogP contribution in [0.15, 0.2) is 0 Å². The number of nitrogens with zero attached hydrogens (tertiary/aromatic N) is 4. The molecule has 0 aliphatic carbocycles. The topological polar surface area (TPSA) is 44.3 Å². The van der Waals surface area contributed by atoms with Gasteiger partial charge in [0.2, 0.25) is 0 Å². The smallest absolute Gasteiger partial charge is 0.134 e. The summed E-state index contributed by atoms with van der Waals surface area (Å²) in [4.78, 5) is 4.89. The lowest BCUT2D eigenvalue weighted by molar-refractivity contribution is 0.251. The second-order valence-corrected chi connectivity index (χ2v) is 6.02. The van der Waals surface area contributed by atoms with Crippen LogP contribution in [0, 0.1) is 0 Å². The number of anilines is 1.